The zero-order chi connectivity index (χ0) is 12.8. The first-order valence-electron chi connectivity index (χ1n) is 7.44. The first kappa shape index (κ1) is 13.8. The van der Waals surface area contributed by atoms with Gasteiger partial charge in [-0.05, 0) is 58.3 Å². The van der Waals surface area contributed by atoms with Gasteiger partial charge in [0.25, 0.3) is 0 Å². The maximum Gasteiger partial charge on any atom is 0.223 e. The highest BCUT2D eigenvalue weighted by molar-refractivity contribution is 5.76. The highest BCUT2D eigenvalue weighted by atomic mass is 16.2. The molecule has 0 aromatic rings. The van der Waals surface area contributed by atoms with Crippen molar-refractivity contribution in [3.05, 3.63) is 0 Å². The molecule has 4 nitrogen and oxygen atoms in total. The first-order chi connectivity index (χ1) is 8.79. The fraction of sp³-hybridized carbons (Fsp3) is 0.929. The van der Waals surface area contributed by atoms with Crippen LogP contribution in [-0.4, -0.2) is 62.0 Å². The standard InChI is InChI=1S/C14H27N3O/c1-15-11-13-5-4-9-17(12-13)14(18)6-10-16-7-2-3-8-16/h13,15H,2-12H2,1H3. The molecular weight excluding hydrogens is 226 g/mol. The van der Waals surface area contributed by atoms with E-state index in [-0.39, 0.29) is 0 Å². The first-order valence-corrected chi connectivity index (χ1v) is 7.44. The SMILES string of the molecule is CNCC1CCCN(C(=O)CCN2CCCC2)C1. The van der Waals surface area contributed by atoms with Crippen LogP contribution in [0.4, 0.5) is 0 Å². The van der Waals surface area contributed by atoms with Gasteiger partial charge in [-0.2, -0.15) is 0 Å². The fourth-order valence-corrected chi connectivity index (χ4v) is 3.16. The fourth-order valence-electron chi connectivity index (χ4n) is 3.16. The van der Waals surface area contributed by atoms with Crippen molar-refractivity contribution in [1.82, 2.24) is 15.1 Å². The maximum atomic E-state index is 12.2. The average Bonchev–Trinajstić information content (AvgIpc) is 2.90. The quantitative estimate of drug-likeness (QED) is 0.792. The van der Waals surface area contributed by atoms with Gasteiger partial charge in [0, 0.05) is 26.1 Å². The Kier molecular flexibility index (Phi) is 5.45. The number of likely N-dealkylation sites (tertiary alicyclic amines) is 2. The van der Waals surface area contributed by atoms with E-state index in [1.54, 1.807) is 0 Å². The van der Waals surface area contributed by atoms with Crippen molar-refractivity contribution in [3.8, 4) is 0 Å². The van der Waals surface area contributed by atoms with Crippen molar-refractivity contribution < 1.29 is 4.79 Å². The molecule has 2 fully saturated rings. The summed E-state index contributed by atoms with van der Waals surface area (Å²) >= 11 is 0. The summed E-state index contributed by atoms with van der Waals surface area (Å²) in [6.45, 7) is 6.31. The van der Waals surface area contributed by atoms with Crippen LogP contribution in [0.3, 0.4) is 0 Å². The van der Waals surface area contributed by atoms with Gasteiger partial charge in [0.05, 0.1) is 0 Å². The van der Waals surface area contributed by atoms with E-state index in [1.165, 1.54) is 38.8 Å². The smallest absolute Gasteiger partial charge is 0.223 e. The van der Waals surface area contributed by atoms with Crippen molar-refractivity contribution in [2.75, 3.05) is 46.3 Å². The van der Waals surface area contributed by atoms with Gasteiger partial charge in [-0.3, -0.25) is 4.79 Å². The van der Waals surface area contributed by atoms with E-state index in [2.05, 4.69) is 15.1 Å². The second-order valence-corrected chi connectivity index (χ2v) is 5.70. The van der Waals surface area contributed by atoms with Crippen LogP contribution in [0.5, 0.6) is 0 Å². The zero-order valence-corrected chi connectivity index (χ0v) is 11.7. The van der Waals surface area contributed by atoms with E-state index < -0.39 is 0 Å². The van der Waals surface area contributed by atoms with Gasteiger partial charge in [0.15, 0.2) is 0 Å². The Labute approximate surface area is 111 Å². The number of carbonyl (C=O) groups excluding carboxylic acids is 1. The lowest BCUT2D eigenvalue weighted by atomic mass is 9.98. The molecule has 2 saturated heterocycles. The van der Waals surface area contributed by atoms with Gasteiger partial charge in [0.1, 0.15) is 0 Å². The molecule has 2 heterocycles. The zero-order valence-electron chi connectivity index (χ0n) is 11.7. The second kappa shape index (κ2) is 7.10. The van der Waals surface area contributed by atoms with E-state index in [1.807, 2.05) is 7.05 Å². The summed E-state index contributed by atoms with van der Waals surface area (Å²) in [6.07, 6.45) is 5.76. The Morgan fingerprint density at radius 2 is 2.00 bits per heavy atom. The van der Waals surface area contributed by atoms with Crippen LogP contribution in [0.1, 0.15) is 32.1 Å². The average molecular weight is 253 g/mol. The normalized spacial score (nSPS) is 25.6. The van der Waals surface area contributed by atoms with Gasteiger partial charge < -0.3 is 15.1 Å². The van der Waals surface area contributed by atoms with Crippen molar-refractivity contribution in [2.45, 2.75) is 32.1 Å². The maximum absolute atomic E-state index is 12.2. The molecule has 0 spiro atoms. The third kappa shape index (κ3) is 3.95. The summed E-state index contributed by atoms with van der Waals surface area (Å²) in [7, 11) is 1.99. The van der Waals surface area contributed by atoms with Gasteiger partial charge in [-0.15, -0.1) is 0 Å². The van der Waals surface area contributed by atoms with Crippen LogP contribution in [0.2, 0.25) is 0 Å². The number of nitrogens with one attached hydrogen (secondary N) is 1. The Balaban J connectivity index is 1.70. The van der Waals surface area contributed by atoms with Gasteiger partial charge >= 0.3 is 0 Å². The minimum absolute atomic E-state index is 0.364. The van der Waals surface area contributed by atoms with E-state index >= 15 is 0 Å². The van der Waals surface area contributed by atoms with Crippen LogP contribution in [-0.2, 0) is 4.79 Å². The number of hydrogen-bond acceptors (Lipinski definition) is 3. The highest BCUT2D eigenvalue weighted by Gasteiger charge is 2.23. The van der Waals surface area contributed by atoms with Gasteiger partial charge in [-0.1, -0.05) is 0 Å². The van der Waals surface area contributed by atoms with Crippen molar-refractivity contribution >= 4 is 5.91 Å². The summed E-state index contributed by atoms with van der Waals surface area (Å²) in [5.74, 6) is 1.02. The van der Waals surface area contributed by atoms with Crippen molar-refractivity contribution in [2.24, 2.45) is 5.92 Å². The summed E-state index contributed by atoms with van der Waals surface area (Å²) in [4.78, 5) is 16.7. The molecule has 2 rings (SSSR count). The summed E-state index contributed by atoms with van der Waals surface area (Å²) < 4.78 is 0. The Bertz CT molecular complexity index is 262. The third-order valence-corrected chi connectivity index (χ3v) is 4.21. The van der Waals surface area contributed by atoms with Crippen molar-refractivity contribution in [3.63, 3.8) is 0 Å². The Morgan fingerprint density at radius 1 is 1.22 bits per heavy atom. The lowest BCUT2D eigenvalue weighted by molar-refractivity contribution is -0.133. The van der Waals surface area contributed by atoms with E-state index in [0.29, 0.717) is 18.2 Å². The lowest BCUT2D eigenvalue weighted by Crippen LogP contribution is -2.43. The van der Waals surface area contributed by atoms with Crippen LogP contribution >= 0.6 is 0 Å². The summed E-state index contributed by atoms with van der Waals surface area (Å²) in [5, 5.41) is 3.23. The molecular formula is C14H27N3O. The minimum Gasteiger partial charge on any atom is -0.342 e. The summed E-state index contributed by atoms with van der Waals surface area (Å²) in [6, 6.07) is 0. The molecule has 0 radical (unpaired) electrons. The molecule has 1 N–H and O–H groups in total. The largest absolute Gasteiger partial charge is 0.342 e. The molecule has 2 aliphatic rings. The van der Waals surface area contributed by atoms with Crippen molar-refractivity contribution in [1.29, 1.82) is 0 Å². The molecule has 0 saturated carbocycles. The van der Waals surface area contributed by atoms with E-state index in [0.717, 1.165) is 26.2 Å². The number of rotatable bonds is 5. The number of carbonyl (C=O) groups is 1. The molecule has 0 aliphatic carbocycles. The molecule has 4 heteroatoms. The van der Waals surface area contributed by atoms with Crippen LogP contribution < -0.4 is 5.32 Å². The van der Waals surface area contributed by atoms with Gasteiger partial charge in [0.2, 0.25) is 5.91 Å². The summed E-state index contributed by atoms with van der Waals surface area (Å²) in [5.41, 5.74) is 0. The monoisotopic (exact) mass is 253 g/mol. The number of hydrogen-bond donors (Lipinski definition) is 1. The number of piperidine rings is 1. The lowest BCUT2D eigenvalue weighted by Gasteiger charge is -2.33. The number of nitrogens with zero attached hydrogens (tertiary/aromatic N) is 2. The molecule has 0 bridgehead atoms. The molecule has 0 aromatic heterocycles. The Hall–Kier alpha value is -0.610. The molecule has 2 aliphatic heterocycles. The predicted molar refractivity (Wildman–Crippen MR) is 73.5 cm³/mol. The molecule has 1 amide bonds. The topological polar surface area (TPSA) is 35.6 Å². The van der Waals surface area contributed by atoms with E-state index in [4.69, 9.17) is 0 Å². The minimum atomic E-state index is 0.364. The third-order valence-electron chi connectivity index (χ3n) is 4.21. The van der Waals surface area contributed by atoms with Crippen LogP contribution in [0.25, 0.3) is 0 Å². The van der Waals surface area contributed by atoms with E-state index in [9.17, 15) is 4.79 Å². The van der Waals surface area contributed by atoms with Crippen LogP contribution in [0.15, 0.2) is 0 Å². The predicted octanol–water partition coefficient (Wildman–Crippen LogP) is 0.930. The highest BCUT2D eigenvalue weighted by Crippen LogP contribution is 2.17. The van der Waals surface area contributed by atoms with Gasteiger partial charge in [-0.25, -0.2) is 0 Å². The second-order valence-electron chi connectivity index (χ2n) is 5.70. The Morgan fingerprint density at radius 3 is 2.72 bits per heavy atom. The molecule has 1 unspecified atom stereocenters. The molecule has 104 valence electrons. The van der Waals surface area contributed by atoms with Crippen LogP contribution in [0, 0.1) is 5.92 Å². The molecule has 0 aromatic carbocycles. The number of amides is 1. The molecule has 1 atom stereocenters. The molecule has 18 heavy (non-hydrogen) atoms.